The van der Waals surface area contributed by atoms with E-state index in [0.717, 1.165) is 37.8 Å². The molecule has 1 aromatic carbocycles. The van der Waals surface area contributed by atoms with Gasteiger partial charge in [0.15, 0.2) is 0 Å². The lowest BCUT2D eigenvalue weighted by Gasteiger charge is -2.43. The second kappa shape index (κ2) is 9.54. The molecule has 32 heavy (non-hydrogen) atoms. The zero-order chi connectivity index (χ0) is 23.6. The first-order valence-corrected chi connectivity index (χ1v) is 12.5. The van der Waals surface area contributed by atoms with Gasteiger partial charge in [0.25, 0.3) is 0 Å². The molecule has 2 aliphatic carbocycles. The summed E-state index contributed by atoms with van der Waals surface area (Å²) < 4.78 is 28.1. The lowest BCUT2D eigenvalue weighted by Crippen LogP contribution is -2.49. The first kappa shape index (κ1) is 25.4. The van der Waals surface area contributed by atoms with Gasteiger partial charge in [-0.15, -0.1) is 0 Å². The Morgan fingerprint density at radius 1 is 1.12 bits per heavy atom. The van der Waals surface area contributed by atoms with E-state index in [1.807, 2.05) is 0 Å². The highest BCUT2D eigenvalue weighted by Crippen LogP contribution is 2.45. The Hall–Kier alpha value is -1.26. The summed E-state index contributed by atoms with van der Waals surface area (Å²) in [7, 11) is 0. The average molecular weight is 447 g/mol. The smallest absolute Gasteiger partial charge is 0.248 e. The van der Waals surface area contributed by atoms with E-state index in [0.29, 0.717) is 18.8 Å². The van der Waals surface area contributed by atoms with Crippen molar-refractivity contribution in [1.29, 1.82) is 0 Å². The molecular formula is C28H44F2N2. The van der Waals surface area contributed by atoms with Crippen LogP contribution in [-0.4, -0.2) is 18.5 Å². The van der Waals surface area contributed by atoms with Gasteiger partial charge in [-0.1, -0.05) is 71.0 Å². The van der Waals surface area contributed by atoms with E-state index >= 15 is 0 Å². The molecular weight excluding hydrogens is 402 g/mol. The summed E-state index contributed by atoms with van der Waals surface area (Å²) in [6, 6.07) is 8.68. The molecule has 2 unspecified atom stereocenters. The Kier molecular flexibility index (Phi) is 7.56. The number of benzene rings is 1. The highest BCUT2D eigenvalue weighted by molar-refractivity contribution is 5.34. The van der Waals surface area contributed by atoms with Crippen molar-refractivity contribution in [2.24, 2.45) is 17.1 Å². The second-order valence-corrected chi connectivity index (χ2v) is 11.9. The van der Waals surface area contributed by atoms with Crippen LogP contribution in [0, 0.1) is 11.3 Å². The predicted molar refractivity (Wildman–Crippen MR) is 131 cm³/mol. The van der Waals surface area contributed by atoms with Gasteiger partial charge in [0.1, 0.15) is 0 Å². The largest absolute Gasteiger partial charge is 0.328 e. The van der Waals surface area contributed by atoms with Crippen LogP contribution in [0.5, 0.6) is 0 Å². The van der Waals surface area contributed by atoms with E-state index in [-0.39, 0.29) is 29.7 Å². The maximum Gasteiger partial charge on any atom is 0.248 e. The van der Waals surface area contributed by atoms with E-state index < -0.39 is 11.5 Å². The lowest BCUT2D eigenvalue weighted by atomic mass is 9.67. The fourth-order valence-corrected chi connectivity index (χ4v) is 5.51. The van der Waals surface area contributed by atoms with Crippen LogP contribution in [0.3, 0.4) is 0 Å². The van der Waals surface area contributed by atoms with Gasteiger partial charge >= 0.3 is 0 Å². The first-order valence-electron chi connectivity index (χ1n) is 12.5. The van der Waals surface area contributed by atoms with Crippen LogP contribution in [0.1, 0.15) is 97.1 Å². The van der Waals surface area contributed by atoms with E-state index in [1.54, 1.807) is 0 Å². The number of halogens is 2. The summed E-state index contributed by atoms with van der Waals surface area (Å²) in [6.45, 7) is 12.0. The van der Waals surface area contributed by atoms with Gasteiger partial charge < -0.3 is 11.1 Å². The summed E-state index contributed by atoms with van der Waals surface area (Å²) in [4.78, 5) is 0. The van der Waals surface area contributed by atoms with Crippen molar-refractivity contribution in [2.45, 2.75) is 109 Å². The van der Waals surface area contributed by atoms with E-state index in [9.17, 15) is 8.78 Å². The molecule has 1 saturated carbocycles. The van der Waals surface area contributed by atoms with Crippen LogP contribution in [0.25, 0.3) is 0 Å². The fourth-order valence-electron chi connectivity index (χ4n) is 5.51. The molecule has 0 spiro atoms. The van der Waals surface area contributed by atoms with Crippen molar-refractivity contribution in [2.75, 3.05) is 6.54 Å². The molecule has 0 aliphatic heterocycles. The van der Waals surface area contributed by atoms with Gasteiger partial charge in [-0.2, -0.15) is 0 Å². The topological polar surface area (TPSA) is 38.0 Å². The molecule has 0 heterocycles. The lowest BCUT2D eigenvalue weighted by molar-refractivity contribution is -0.0571. The molecule has 1 aromatic rings. The first-order chi connectivity index (χ1) is 14.9. The summed E-state index contributed by atoms with van der Waals surface area (Å²) in [5.74, 6) is -1.92. The number of nitrogens with two attached hydrogens (primary N) is 1. The highest BCUT2D eigenvalue weighted by Gasteiger charge is 2.44. The number of allylic oxidation sites excluding steroid dienone is 2. The zero-order valence-corrected chi connectivity index (χ0v) is 20.8. The Morgan fingerprint density at radius 2 is 1.81 bits per heavy atom. The number of rotatable bonds is 7. The molecule has 0 radical (unpaired) electrons. The number of nitrogens with one attached hydrogen (secondary N) is 1. The third-order valence-electron chi connectivity index (χ3n) is 8.25. The Bertz CT molecular complexity index is 785. The van der Waals surface area contributed by atoms with Crippen LogP contribution < -0.4 is 11.1 Å². The molecule has 2 nitrogen and oxygen atoms in total. The SMILES string of the molecule is CC1CC=CCC1(C)C[C@H](N)CCNC1(c2cccc(C(C)(C)C)c2)CCC(F)(F)CC1. The van der Waals surface area contributed by atoms with E-state index in [2.05, 4.69) is 76.4 Å². The minimum absolute atomic E-state index is 0.0265. The Labute approximate surface area is 194 Å². The molecule has 180 valence electrons. The molecule has 3 atom stereocenters. The molecule has 2 aliphatic rings. The van der Waals surface area contributed by atoms with Crippen LogP contribution >= 0.6 is 0 Å². The van der Waals surface area contributed by atoms with Gasteiger partial charge in [-0.3, -0.25) is 0 Å². The molecule has 3 N–H and O–H groups in total. The van der Waals surface area contributed by atoms with Crippen molar-refractivity contribution in [1.82, 2.24) is 5.32 Å². The zero-order valence-electron chi connectivity index (χ0n) is 20.8. The predicted octanol–water partition coefficient (Wildman–Crippen LogP) is 7.08. The molecule has 0 saturated heterocycles. The molecule has 1 fully saturated rings. The van der Waals surface area contributed by atoms with Crippen molar-refractivity contribution in [3.8, 4) is 0 Å². The van der Waals surface area contributed by atoms with Gasteiger partial charge in [-0.25, -0.2) is 8.78 Å². The van der Waals surface area contributed by atoms with Gasteiger partial charge in [-0.05, 0) is 72.9 Å². The molecule has 0 bridgehead atoms. The summed E-state index contributed by atoms with van der Waals surface area (Å²) in [5, 5.41) is 3.73. The number of hydrogen-bond acceptors (Lipinski definition) is 2. The van der Waals surface area contributed by atoms with Crippen molar-refractivity contribution >= 4 is 0 Å². The van der Waals surface area contributed by atoms with Crippen LogP contribution in [0.15, 0.2) is 36.4 Å². The number of hydrogen-bond donors (Lipinski definition) is 2. The van der Waals surface area contributed by atoms with Crippen LogP contribution in [-0.2, 0) is 11.0 Å². The fraction of sp³-hybridized carbons (Fsp3) is 0.714. The van der Waals surface area contributed by atoms with Crippen LogP contribution in [0.4, 0.5) is 8.78 Å². The van der Waals surface area contributed by atoms with Crippen molar-refractivity contribution < 1.29 is 8.78 Å². The van der Waals surface area contributed by atoms with Crippen molar-refractivity contribution in [3.63, 3.8) is 0 Å². The summed E-state index contributed by atoms with van der Waals surface area (Å²) in [6.07, 6.45) is 9.47. The molecule has 0 amide bonds. The van der Waals surface area contributed by atoms with E-state index in [4.69, 9.17) is 5.73 Å². The Balaban J connectivity index is 1.70. The second-order valence-electron chi connectivity index (χ2n) is 11.9. The van der Waals surface area contributed by atoms with Gasteiger partial charge in [0, 0.05) is 24.4 Å². The number of alkyl halides is 2. The third kappa shape index (κ3) is 5.99. The quantitative estimate of drug-likeness (QED) is 0.439. The minimum Gasteiger partial charge on any atom is -0.328 e. The molecule has 0 aromatic heterocycles. The highest BCUT2D eigenvalue weighted by atomic mass is 19.3. The third-order valence-corrected chi connectivity index (χ3v) is 8.25. The minimum atomic E-state index is -2.55. The maximum absolute atomic E-state index is 14.1. The molecule has 4 heteroatoms. The monoisotopic (exact) mass is 446 g/mol. The van der Waals surface area contributed by atoms with Crippen LogP contribution in [0.2, 0.25) is 0 Å². The van der Waals surface area contributed by atoms with Gasteiger partial charge in [0.2, 0.25) is 5.92 Å². The maximum atomic E-state index is 14.1. The standard InChI is InChI=1S/C28H44F2N2/c1-21-9-6-7-13-26(21,5)20-24(31)12-18-32-27(14-16-28(29,30)17-15-27)23-11-8-10-22(19-23)25(2,3)4/h6-8,10-11,19,21,24,32H,9,12-18,20,31H2,1-5H3/t21?,24-,26?/m1/s1. The van der Waals surface area contributed by atoms with Gasteiger partial charge in [0.05, 0.1) is 0 Å². The van der Waals surface area contributed by atoms with Crippen molar-refractivity contribution in [3.05, 3.63) is 47.5 Å². The molecule has 3 rings (SSSR count). The van der Waals surface area contributed by atoms with E-state index in [1.165, 1.54) is 5.56 Å². The summed E-state index contributed by atoms with van der Waals surface area (Å²) in [5.41, 5.74) is 8.86. The summed E-state index contributed by atoms with van der Waals surface area (Å²) >= 11 is 0. The average Bonchev–Trinajstić information content (AvgIpc) is 2.71. The Morgan fingerprint density at radius 3 is 2.44 bits per heavy atom. The normalized spacial score (nSPS) is 28.4.